The van der Waals surface area contributed by atoms with Gasteiger partial charge in [-0.15, -0.1) is 0 Å². The van der Waals surface area contributed by atoms with Gasteiger partial charge in [0.2, 0.25) is 5.91 Å². The molecular weight excluding hydrogens is 553 g/mol. The van der Waals surface area contributed by atoms with Crippen LogP contribution in [0.4, 0.5) is 36.4 Å². The second-order valence-corrected chi connectivity index (χ2v) is 9.08. The van der Waals surface area contributed by atoms with E-state index in [4.69, 9.17) is 9.90 Å². The third-order valence-corrected chi connectivity index (χ3v) is 6.55. The Morgan fingerprint density at radius 2 is 1.62 bits per heavy atom. The highest BCUT2D eigenvalue weighted by Gasteiger charge is 2.50. The maximum Gasteiger partial charge on any atom is 0.490 e. The van der Waals surface area contributed by atoms with E-state index in [0.717, 1.165) is 12.1 Å². The fourth-order valence-corrected chi connectivity index (χ4v) is 4.48. The van der Waals surface area contributed by atoms with Gasteiger partial charge in [0.15, 0.2) is 0 Å². The van der Waals surface area contributed by atoms with Crippen molar-refractivity contribution in [3.63, 3.8) is 0 Å². The molecule has 1 spiro atoms. The van der Waals surface area contributed by atoms with Gasteiger partial charge in [-0.25, -0.2) is 9.18 Å². The Balaban J connectivity index is 0.000000559. The van der Waals surface area contributed by atoms with Crippen molar-refractivity contribution in [1.82, 2.24) is 15.5 Å². The smallest absolute Gasteiger partial charge is 0.475 e. The van der Waals surface area contributed by atoms with Gasteiger partial charge < -0.3 is 25.5 Å². The lowest BCUT2D eigenvalue weighted by molar-refractivity contribution is -0.192. The Morgan fingerprint density at radius 1 is 1.00 bits per heavy atom. The molecule has 4 rings (SSSR count). The average Bonchev–Trinajstić information content (AvgIpc) is 3.19. The van der Waals surface area contributed by atoms with E-state index in [9.17, 15) is 40.3 Å². The summed E-state index contributed by atoms with van der Waals surface area (Å²) in [4.78, 5) is 37.8. The van der Waals surface area contributed by atoms with Crippen LogP contribution in [0.3, 0.4) is 0 Å². The zero-order valence-corrected chi connectivity index (χ0v) is 20.8. The van der Waals surface area contributed by atoms with E-state index in [1.807, 2.05) is 4.90 Å². The zero-order chi connectivity index (χ0) is 29.7. The fourth-order valence-electron chi connectivity index (χ4n) is 4.48. The quantitative estimate of drug-likeness (QED) is 0.469. The summed E-state index contributed by atoms with van der Waals surface area (Å²) in [5.41, 5.74) is -1.01. The number of benzene rings is 2. The summed E-state index contributed by atoms with van der Waals surface area (Å²) in [5, 5.41) is 12.6. The van der Waals surface area contributed by atoms with Crippen molar-refractivity contribution in [1.29, 1.82) is 0 Å². The summed E-state index contributed by atoms with van der Waals surface area (Å²) in [6.45, 7) is 2.27. The molecule has 2 saturated heterocycles. The van der Waals surface area contributed by atoms with E-state index in [2.05, 4.69) is 15.5 Å². The number of alkyl halides is 6. The van der Waals surface area contributed by atoms with E-state index >= 15 is 0 Å². The molecule has 0 bridgehead atoms. The molecule has 0 radical (unpaired) electrons. The lowest BCUT2D eigenvalue weighted by atomic mass is 9.85. The number of nitrogens with one attached hydrogen (secondary N) is 2. The Labute approximate surface area is 223 Å². The average molecular weight is 578 g/mol. The highest BCUT2D eigenvalue weighted by Crippen LogP contribution is 2.36. The lowest BCUT2D eigenvalue weighted by Gasteiger charge is -2.43. The van der Waals surface area contributed by atoms with Crippen molar-refractivity contribution in [3.8, 4) is 0 Å². The van der Waals surface area contributed by atoms with Crippen LogP contribution in [0.5, 0.6) is 0 Å². The van der Waals surface area contributed by atoms with Crippen molar-refractivity contribution in [2.24, 2.45) is 0 Å². The highest BCUT2D eigenvalue weighted by atomic mass is 19.4. The molecule has 0 saturated carbocycles. The molecule has 2 aromatic rings. The third kappa shape index (κ3) is 7.40. The minimum absolute atomic E-state index is 0.0456. The zero-order valence-electron chi connectivity index (χ0n) is 20.8. The first kappa shape index (κ1) is 30.7. The number of hydrogen-bond donors (Lipinski definition) is 3. The summed E-state index contributed by atoms with van der Waals surface area (Å²) in [7, 11) is 0. The van der Waals surface area contributed by atoms with Crippen LogP contribution in [0.25, 0.3) is 0 Å². The standard InChI is InChI=1S/C23H24F4N4O2.C2HF3O2/c24-18-5-2-6-19(14-18)31-15-29-21(33)22(31)7-10-30(11-8-22)12-9-28-20(32)16-3-1-4-17(13-16)23(25,26)27;3-2(4,5)1(6)7/h1-6,13-14H,7-12,15H2,(H,28,32)(H,29,33);(H,6,7). The SMILES string of the molecule is O=C(NCCN1CCC2(CC1)C(=O)NCN2c1cccc(F)c1)c1cccc(C(F)(F)F)c1.O=C(O)C(F)(F)F. The molecule has 2 aliphatic rings. The number of carboxylic acids is 1. The van der Waals surface area contributed by atoms with Crippen molar-refractivity contribution < 1.29 is 50.2 Å². The summed E-state index contributed by atoms with van der Waals surface area (Å²) in [6.07, 6.45) is -8.51. The second-order valence-electron chi connectivity index (χ2n) is 9.08. The van der Waals surface area contributed by atoms with Crippen LogP contribution < -0.4 is 15.5 Å². The first-order valence-corrected chi connectivity index (χ1v) is 11.9. The van der Waals surface area contributed by atoms with Crippen LogP contribution in [-0.4, -0.2) is 72.4 Å². The second kappa shape index (κ2) is 12.1. The first-order chi connectivity index (χ1) is 18.6. The van der Waals surface area contributed by atoms with E-state index < -0.39 is 35.3 Å². The van der Waals surface area contributed by atoms with Crippen molar-refractivity contribution in [2.45, 2.75) is 30.7 Å². The molecule has 40 heavy (non-hydrogen) atoms. The molecule has 0 unspecified atom stereocenters. The monoisotopic (exact) mass is 578 g/mol. The lowest BCUT2D eigenvalue weighted by Crippen LogP contribution is -2.57. The topological polar surface area (TPSA) is 102 Å². The Hall–Kier alpha value is -3.88. The Bertz CT molecular complexity index is 1230. The van der Waals surface area contributed by atoms with Crippen LogP contribution in [-0.2, 0) is 15.8 Å². The minimum atomic E-state index is -5.08. The maximum absolute atomic E-state index is 13.7. The van der Waals surface area contributed by atoms with Gasteiger partial charge in [0.25, 0.3) is 5.91 Å². The largest absolute Gasteiger partial charge is 0.490 e. The molecule has 0 atom stereocenters. The number of hydrogen-bond acceptors (Lipinski definition) is 5. The van der Waals surface area contributed by atoms with Gasteiger partial charge in [0.1, 0.15) is 11.4 Å². The summed E-state index contributed by atoms with van der Waals surface area (Å²) in [5.74, 6) is -3.77. The molecule has 3 N–H and O–H groups in total. The molecule has 218 valence electrons. The van der Waals surface area contributed by atoms with Crippen molar-refractivity contribution in [3.05, 3.63) is 65.5 Å². The van der Waals surface area contributed by atoms with Crippen molar-refractivity contribution in [2.75, 3.05) is 37.7 Å². The van der Waals surface area contributed by atoms with E-state index in [1.165, 1.54) is 24.3 Å². The van der Waals surface area contributed by atoms with Gasteiger partial charge >= 0.3 is 18.3 Å². The van der Waals surface area contributed by atoms with Gasteiger partial charge in [0, 0.05) is 37.4 Å². The number of anilines is 1. The number of piperidine rings is 1. The number of amides is 2. The van der Waals surface area contributed by atoms with Crippen LogP contribution in [0.2, 0.25) is 0 Å². The van der Waals surface area contributed by atoms with Crippen LogP contribution >= 0.6 is 0 Å². The van der Waals surface area contributed by atoms with Gasteiger partial charge in [-0.2, -0.15) is 26.3 Å². The number of nitrogens with zero attached hydrogens (tertiary/aromatic N) is 2. The van der Waals surface area contributed by atoms with E-state index in [-0.39, 0.29) is 23.8 Å². The predicted octanol–water partition coefficient (Wildman–Crippen LogP) is 3.64. The fraction of sp³-hybridized carbons (Fsp3) is 0.400. The number of carbonyl (C=O) groups excluding carboxylic acids is 2. The minimum Gasteiger partial charge on any atom is -0.475 e. The molecule has 2 fully saturated rings. The first-order valence-electron chi connectivity index (χ1n) is 11.9. The van der Waals surface area contributed by atoms with Crippen LogP contribution in [0.1, 0.15) is 28.8 Å². The summed E-state index contributed by atoms with van der Waals surface area (Å²) >= 11 is 0. The normalized spacial score (nSPS) is 17.2. The van der Waals surface area contributed by atoms with Crippen molar-refractivity contribution >= 4 is 23.5 Å². The number of carbonyl (C=O) groups is 3. The molecular formula is C25H25F7N4O4. The molecule has 15 heteroatoms. The van der Waals surface area contributed by atoms with E-state index in [1.54, 1.807) is 12.1 Å². The summed E-state index contributed by atoms with van der Waals surface area (Å²) in [6, 6.07) is 10.5. The molecule has 0 aliphatic carbocycles. The third-order valence-electron chi connectivity index (χ3n) is 6.55. The Morgan fingerprint density at radius 3 is 2.20 bits per heavy atom. The highest BCUT2D eigenvalue weighted by molar-refractivity contribution is 5.94. The molecule has 0 aromatic heterocycles. The van der Waals surface area contributed by atoms with Gasteiger partial charge in [-0.1, -0.05) is 12.1 Å². The molecule has 2 heterocycles. The number of carboxylic acid groups (broad SMARTS) is 1. The number of halogens is 7. The van der Waals surface area contributed by atoms with Gasteiger partial charge in [0.05, 0.1) is 12.2 Å². The molecule has 2 amide bonds. The number of aliphatic carboxylic acids is 1. The van der Waals surface area contributed by atoms with Crippen LogP contribution in [0.15, 0.2) is 48.5 Å². The molecule has 2 aliphatic heterocycles. The maximum atomic E-state index is 13.7. The van der Waals surface area contributed by atoms with Gasteiger partial charge in [-0.05, 0) is 49.2 Å². The molecule has 2 aromatic carbocycles. The predicted molar refractivity (Wildman–Crippen MR) is 128 cm³/mol. The number of rotatable bonds is 5. The number of likely N-dealkylation sites (tertiary alicyclic amines) is 1. The summed E-state index contributed by atoms with van der Waals surface area (Å²) < 4.78 is 84.0. The van der Waals surface area contributed by atoms with Crippen LogP contribution in [0, 0.1) is 5.82 Å². The van der Waals surface area contributed by atoms with E-state index in [0.29, 0.717) is 44.8 Å². The molecule has 8 nitrogen and oxygen atoms in total. The van der Waals surface area contributed by atoms with Gasteiger partial charge in [-0.3, -0.25) is 9.59 Å². The Kier molecular flexibility index (Phi) is 9.28.